The third-order valence-electron chi connectivity index (χ3n) is 4.04. The fraction of sp³-hybridized carbons (Fsp3) is 0.533. The molecule has 0 amide bonds. The van der Waals surface area contributed by atoms with Gasteiger partial charge in [0.15, 0.2) is 5.82 Å². The molecule has 0 aromatic carbocycles. The van der Waals surface area contributed by atoms with E-state index in [0.717, 1.165) is 49.8 Å². The number of hydrogen-bond acceptors (Lipinski definition) is 6. The lowest BCUT2D eigenvalue weighted by Gasteiger charge is -2.22. The zero-order chi connectivity index (χ0) is 14.1. The second-order valence-electron chi connectivity index (χ2n) is 5.70. The summed E-state index contributed by atoms with van der Waals surface area (Å²) in [7, 11) is 0. The molecule has 110 valence electrons. The van der Waals surface area contributed by atoms with Gasteiger partial charge >= 0.3 is 0 Å². The van der Waals surface area contributed by atoms with Crippen LogP contribution in [0.3, 0.4) is 0 Å². The van der Waals surface area contributed by atoms with Crippen molar-refractivity contribution in [2.45, 2.75) is 25.2 Å². The molecular formula is C15H19N5O. The van der Waals surface area contributed by atoms with E-state index in [4.69, 9.17) is 4.52 Å². The van der Waals surface area contributed by atoms with E-state index in [1.807, 2.05) is 18.3 Å². The van der Waals surface area contributed by atoms with Crippen molar-refractivity contribution in [3.63, 3.8) is 0 Å². The summed E-state index contributed by atoms with van der Waals surface area (Å²) in [6.07, 6.45) is 5.30. The van der Waals surface area contributed by atoms with Gasteiger partial charge in [0, 0.05) is 31.7 Å². The van der Waals surface area contributed by atoms with Crippen LogP contribution in [0.2, 0.25) is 0 Å². The molecule has 2 aromatic rings. The lowest BCUT2D eigenvalue weighted by molar-refractivity contribution is 0.422. The maximum absolute atomic E-state index is 5.47. The number of rotatable bonds is 3. The average molecular weight is 285 g/mol. The van der Waals surface area contributed by atoms with E-state index in [1.54, 1.807) is 0 Å². The van der Waals surface area contributed by atoms with Crippen LogP contribution in [0.5, 0.6) is 0 Å². The van der Waals surface area contributed by atoms with Crippen LogP contribution in [-0.4, -0.2) is 41.3 Å². The van der Waals surface area contributed by atoms with Crippen molar-refractivity contribution in [1.82, 2.24) is 20.4 Å². The van der Waals surface area contributed by atoms with Crippen LogP contribution in [0.15, 0.2) is 22.9 Å². The van der Waals surface area contributed by atoms with E-state index in [2.05, 4.69) is 25.3 Å². The zero-order valence-corrected chi connectivity index (χ0v) is 12.0. The largest absolute Gasteiger partial charge is 0.355 e. The Hall–Kier alpha value is -1.95. The summed E-state index contributed by atoms with van der Waals surface area (Å²) in [5.41, 5.74) is 0.943. The van der Waals surface area contributed by atoms with Crippen molar-refractivity contribution < 1.29 is 4.52 Å². The number of aromatic nitrogens is 3. The Morgan fingerprint density at radius 2 is 2.19 bits per heavy atom. The van der Waals surface area contributed by atoms with E-state index in [0.29, 0.717) is 11.8 Å². The molecule has 1 N–H and O–H groups in total. The Morgan fingerprint density at radius 3 is 3.10 bits per heavy atom. The predicted molar refractivity (Wildman–Crippen MR) is 79.2 cm³/mol. The van der Waals surface area contributed by atoms with Gasteiger partial charge < -0.3 is 14.7 Å². The van der Waals surface area contributed by atoms with Crippen molar-refractivity contribution >= 4 is 5.82 Å². The summed E-state index contributed by atoms with van der Waals surface area (Å²) in [6, 6.07) is 3.95. The fourth-order valence-electron chi connectivity index (χ4n) is 2.73. The quantitative estimate of drug-likeness (QED) is 0.927. The molecule has 1 aliphatic carbocycles. The maximum atomic E-state index is 5.47. The molecule has 2 aromatic heterocycles. The Morgan fingerprint density at radius 1 is 1.24 bits per heavy atom. The first-order chi connectivity index (χ1) is 10.4. The second-order valence-corrected chi connectivity index (χ2v) is 5.70. The smallest absolute Gasteiger partial charge is 0.261 e. The topological polar surface area (TPSA) is 67.1 Å². The molecule has 1 aliphatic heterocycles. The highest BCUT2D eigenvalue weighted by Gasteiger charge is 2.29. The monoisotopic (exact) mass is 285 g/mol. The molecule has 1 saturated carbocycles. The molecule has 1 saturated heterocycles. The van der Waals surface area contributed by atoms with Crippen LogP contribution < -0.4 is 10.2 Å². The maximum Gasteiger partial charge on any atom is 0.261 e. The van der Waals surface area contributed by atoms with E-state index >= 15 is 0 Å². The van der Waals surface area contributed by atoms with Gasteiger partial charge in [-0.05, 0) is 37.9 Å². The van der Waals surface area contributed by atoms with Gasteiger partial charge in [-0.3, -0.25) is 0 Å². The molecule has 21 heavy (non-hydrogen) atoms. The van der Waals surface area contributed by atoms with Gasteiger partial charge in [0.2, 0.25) is 0 Å². The van der Waals surface area contributed by atoms with Crippen molar-refractivity contribution in [3.8, 4) is 11.5 Å². The molecule has 0 atom stereocenters. The highest BCUT2D eigenvalue weighted by Crippen LogP contribution is 2.39. The van der Waals surface area contributed by atoms with Crippen LogP contribution >= 0.6 is 0 Å². The Kier molecular flexibility index (Phi) is 3.31. The predicted octanol–water partition coefficient (Wildman–Crippen LogP) is 1.81. The number of anilines is 1. The van der Waals surface area contributed by atoms with Gasteiger partial charge in [0.1, 0.15) is 5.82 Å². The Labute approximate surface area is 123 Å². The minimum absolute atomic E-state index is 0.505. The van der Waals surface area contributed by atoms with Crippen LogP contribution in [0.4, 0.5) is 5.82 Å². The summed E-state index contributed by atoms with van der Waals surface area (Å²) >= 11 is 0. The highest BCUT2D eigenvalue weighted by molar-refractivity contribution is 5.69. The van der Waals surface area contributed by atoms with Crippen molar-refractivity contribution in [2.24, 2.45) is 0 Å². The lowest BCUT2D eigenvalue weighted by Crippen LogP contribution is -2.29. The Balaban J connectivity index is 1.67. The number of hydrogen-bond donors (Lipinski definition) is 1. The minimum Gasteiger partial charge on any atom is -0.355 e. The van der Waals surface area contributed by atoms with Gasteiger partial charge in [-0.25, -0.2) is 4.98 Å². The van der Waals surface area contributed by atoms with Gasteiger partial charge in [0.25, 0.3) is 5.89 Å². The van der Waals surface area contributed by atoms with E-state index < -0.39 is 0 Å². The lowest BCUT2D eigenvalue weighted by atomic mass is 10.2. The summed E-state index contributed by atoms with van der Waals surface area (Å²) < 4.78 is 5.47. The summed E-state index contributed by atoms with van der Waals surface area (Å²) in [5, 5.41) is 7.53. The van der Waals surface area contributed by atoms with Crippen molar-refractivity contribution in [1.29, 1.82) is 0 Å². The van der Waals surface area contributed by atoms with Crippen LogP contribution in [0.25, 0.3) is 11.5 Å². The average Bonchev–Trinajstić information content (AvgIpc) is 3.31. The van der Waals surface area contributed by atoms with Gasteiger partial charge in [-0.15, -0.1) is 0 Å². The van der Waals surface area contributed by atoms with Crippen LogP contribution in [-0.2, 0) is 0 Å². The van der Waals surface area contributed by atoms with Crippen molar-refractivity contribution in [2.75, 3.05) is 31.1 Å². The molecule has 0 radical (unpaired) electrons. The number of pyridine rings is 1. The third-order valence-corrected chi connectivity index (χ3v) is 4.04. The van der Waals surface area contributed by atoms with Crippen molar-refractivity contribution in [3.05, 3.63) is 24.2 Å². The number of nitrogens with zero attached hydrogens (tertiary/aromatic N) is 4. The highest BCUT2D eigenvalue weighted by atomic mass is 16.5. The number of nitrogens with one attached hydrogen (secondary N) is 1. The summed E-state index contributed by atoms with van der Waals surface area (Å²) in [6.45, 7) is 3.99. The molecule has 2 fully saturated rings. The molecule has 4 rings (SSSR count). The van der Waals surface area contributed by atoms with Crippen LogP contribution in [0.1, 0.15) is 31.0 Å². The molecule has 6 heteroatoms. The first-order valence-electron chi connectivity index (χ1n) is 7.66. The van der Waals surface area contributed by atoms with E-state index in [-0.39, 0.29) is 0 Å². The van der Waals surface area contributed by atoms with E-state index in [9.17, 15) is 0 Å². The first kappa shape index (κ1) is 12.8. The van der Waals surface area contributed by atoms with Gasteiger partial charge in [0.05, 0.1) is 5.56 Å². The minimum atomic E-state index is 0.505. The Bertz CT molecular complexity index is 614. The molecule has 0 unspecified atom stereocenters. The fourth-order valence-corrected chi connectivity index (χ4v) is 2.73. The molecule has 0 bridgehead atoms. The first-order valence-corrected chi connectivity index (χ1v) is 7.66. The standard InChI is InChI=1S/C15H19N5O/c1-3-12(15-18-13(19-21-15)11-4-5-11)14(17-7-1)20-9-2-6-16-8-10-20/h1,3,7,11,16H,2,4-6,8-10H2. The molecular weight excluding hydrogens is 266 g/mol. The third kappa shape index (κ3) is 2.63. The zero-order valence-electron chi connectivity index (χ0n) is 12.0. The molecule has 6 nitrogen and oxygen atoms in total. The van der Waals surface area contributed by atoms with Gasteiger partial charge in [-0.1, -0.05) is 5.16 Å². The molecule has 3 heterocycles. The molecule has 2 aliphatic rings. The normalized spacial score (nSPS) is 19.5. The summed E-state index contributed by atoms with van der Waals surface area (Å²) in [5.74, 6) is 2.90. The van der Waals surface area contributed by atoms with Crippen LogP contribution in [0, 0.1) is 0 Å². The molecule has 0 spiro atoms. The SMILES string of the molecule is c1cnc(N2CCCNCC2)c(-c2nc(C3CC3)no2)c1. The second kappa shape index (κ2) is 5.44. The summed E-state index contributed by atoms with van der Waals surface area (Å²) in [4.78, 5) is 11.4. The van der Waals surface area contributed by atoms with E-state index in [1.165, 1.54) is 12.8 Å². The van der Waals surface area contributed by atoms with Gasteiger partial charge in [-0.2, -0.15) is 4.98 Å².